The number of amides is 1. The molecule has 0 atom stereocenters. The zero-order valence-corrected chi connectivity index (χ0v) is 13.8. The molecule has 1 spiro atoms. The predicted molar refractivity (Wildman–Crippen MR) is 87.6 cm³/mol. The fourth-order valence-corrected chi connectivity index (χ4v) is 3.61. The molecular formula is C17H14BrNO3. The van der Waals surface area contributed by atoms with Crippen LogP contribution in [0.3, 0.4) is 0 Å². The zero-order chi connectivity index (χ0) is 15.9. The van der Waals surface area contributed by atoms with Gasteiger partial charge in [-0.3, -0.25) is 9.59 Å². The first-order chi connectivity index (χ1) is 10.5. The zero-order valence-electron chi connectivity index (χ0n) is 12.2. The molecule has 0 aromatic heterocycles. The SMILES string of the molecule is COc1ccc(C2=C(Br)C(=O)N(C)C23C=CC(=O)C=C3)cc1. The number of ketones is 1. The predicted octanol–water partition coefficient (Wildman–Crippen LogP) is 2.71. The molecule has 0 bridgehead atoms. The number of methoxy groups -OCH3 is 1. The number of ether oxygens (including phenoxy) is 1. The van der Waals surface area contributed by atoms with Crippen molar-refractivity contribution in [3.63, 3.8) is 0 Å². The molecule has 4 nitrogen and oxygen atoms in total. The average molecular weight is 360 g/mol. The number of allylic oxidation sites excluding steroid dienone is 2. The molecule has 112 valence electrons. The first-order valence-electron chi connectivity index (χ1n) is 6.75. The van der Waals surface area contributed by atoms with Gasteiger partial charge in [0.15, 0.2) is 5.78 Å². The Bertz CT molecular complexity index is 728. The smallest absolute Gasteiger partial charge is 0.262 e. The molecule has 0 unspecified atom stereocenters. The second-order valence-corrected chi connectivity index (χ2v) is 5.97. The third-order valence-corrected chi connectivity index (χ3v) is 4.79. The van der Waals surface area contributed by atoms with E-state index in [-0.39, 0.29) is 11.7 Å². The summed E-state index contributed by atoms with van der Waals surface area (Å²) in [5.41, 5.74) is 0.981. The van der Waals surface area contributed by atoms with Crippen LogP contribution in [0.5, 0.6) is 5.75 Å². The Labute approximate surface area is 136 Å². The summed E-state index contributed by atoms with van der Waals surface area (Å²) in [5, 5.41) is 0. The van der Waals surface area contributed by atoms with Crippen LogP contribution in [0, 0.1) is 0 Å². The lowest BCUT2D eigenvalue weighted by molar-refractivity contribution is -0.125. The van der Waals surface area contributed by atoms with Crippen LogP contribution in [0.25, 0.3) is 5.57 Å². The Morgan fingerprint density at radius 2 is 1.68 bits per heavy atom. The van der Waals surface area contributed by atoms with Gasteiger partial charge >= 0.3 is 0 Å². The van der Waals surface area contributed by atoms with Crippen molar-refractivity contribution < 1.29 is 14.3 Å². The van der Waals surface area contributed by atoms with Gasteiger partial charge in [0.2, 0.25) is 0 Å². The van der Waals surface area contributed by atoms with E-state index >= 15 is 0 Å². The standard InChI is InChI=1S/C17H14BrNO3/c1-19-16(21)15(18)14(11-3-5-13(22-2)6-4-11)17(19)9-7-12(20)8-10-17/h3-10H,1-2H3. The van der Waals surface area contributed by atoms with Crippen LogP contribution in [0.4, 0.5) is 0 Å². The fourth-order valence-electron chi connectivity index (χ4n) is 2.80. The normalized spacial score (nSPS) is 19.5. The van der Waals surface area contributed by atoms with E-state index in [4.69, 9.17) is 4.74 Å². The highest BCUT2D eigenvalue weighted by atomic mass is 79.9. The minimum Gasteiger partial charge on any atom is -0.497 e. The molecule has 1 aliphatic carbocycles. The topological polar surface area (TPSA) is 46.6 Å². The highest BCUT2D eigenvalue weighted by Crippen LogP contribution is 2.46. The number of rotatable bonds is 2. The molecule has 0 N–H and O–H groups in total. The third-order valence-electron chi connectivity index (χ3n) is 4.05. The molecule has 1 aromatic carbocycles. The second kappa shape index (κ2) is 5.25. The molecule has 22 heavy (non-hydrogen) atoms. The van der Waals surface area contributed by atoms with Gasteiger partial charge in [-0.25, -0.2) is 0 Å². The lowest BCUT2D eigenvalue weighted by atomic mass is 9.83. The number of halogens is 1. The maximum atomic E-state index is 12.4. The minimum absolute atomic E-state index is 0.0800. The monoisotopic (exact) mass is 359 g/mol. The van der Waals surface area contributed by atoms with E-state index in [0.29, 0.717) is 4.48 Å². The first-order valence-corrected chi connectivity index (χ1v) is 7.54. The van der Waals surface area contributed by atoms with Crippen molar-refractivity contribution in [3.8, 4) is 5.75 Å². The summed E-state index contributed by atoms with van der Waals surface area (Å²) in [6.45, 7) is 0. The Hall–Kier alpha value is -2.14. The summed E-state index contributed by atoms with van der Waals surface area (Å²) in [6.07, 6.45) is 6.53. The summed E-state index contributed by atoms with van der Waals surface area (Å²) < 4.78 is 5.68. The first kappa shape index (κ1) is 14.8. The fraction of sp³-hybridized carbons (Fsp3) is 0.176. The second-order valence-electron chi connectivity index (χ2n) is 5.18. The Balaban J connectivity index is 2.17. The van der Waals surface area contributed by atoms with Crippen LogP contribution in [0.15, 0.2) is 53.1 Å². The molecule has 1 aliphatic heterocycles. The Morgan fingerprint density at radius 1 is 1.09 bits per heavy atom. The van der Waals surface area contributed by atoms with Crippen LogP contribution >= 0.6 is 15.9 Å². The number of hydrogen-bond donors (Lipinski definition) is 0. The van der Waals surface area contributed by atoms with Crippen LogP contribution in [-0.2, 0) is 9.59 Å². The van der Waals surface area contributed by atoms with Crippen LogP contribution in [0.2, 0.25) is 0 Å². The summed E-state index contributed by atoms with van der Waals surface area (Å²) in [7, 11) is 3.33. The highest BCUT2D eigenvalue weighted by Gasteiger charge is 2.47. The van der Waals surface area contributed by atoms with Gasteiger partial charge in [-0.15, -0.1) is 0 Å². The van der Waals surface area contributed by atoms with Crippen molar-refractivity contribution in [3.05, 3.63) is 58.6 Å². The minimum atomic E-state index is -0.738. The largest absolute Gasteiger partial charge is 0.497 e. The van der Waals surface area contributed by atoms with Crippen molar-refractivity contribution in [2.45, 2.75) is 5.54 Å². The lowest BCUT2D eigenvalue weighted by Gasteiger charge is -2.34. The van der Waals surface area contributed by atoms with Gasteiger partial charge in [-0.05, 0) is 57.9 Å². The van der Waals surface area contributed by atoms with Gasteiger partial charge < -0.3 is 9.64 Å². The molecule has 0 saturated heterocycles. The van der Waals surface area contributed by atoms with Crippen molar-refractivity contribution >= 4 is 33.2 Å². The molecular weight excluding hydrogens is 346 g/mol. The van der Waals surface area contributed by atoms with Crippen LogP contribution < -0.4 is 4.74 Å². The van der Waals surface area contributed by atoms with Crippen molar-refractivity contribution in [2.24, 2.45) is 0 Å². The molecule has 0 radical (unpaired) electrons. The van der Waals surface area contributed by atoms with Crippen molar-refractivity contribution in [1.29, 1.82) is 0 Å². The molecule has 1 aromatic rings. The van der Waals surface area contributed by atoms with Gasteiger partial charge in [0.1, 0.15) is 11.3 Å². The van der Waals surface area contributed by atoms with Crippen molar-refractivity contribution in [1.82, 2.24) is 4.90 Å². The van der Waals surface area contributed by atoms with E-state index in [1.807, 2.05) is 24.3 Å². The quantitative estimate of drug-likeness (QED) is 0.815. The maximum absolute atomic E-state index is 12.4. The molecule has 5 heteroatoms. The van der Waals surface area contributed by atoms with Crippen LogP contribution in [-0.4, -0.2) is 36.3 Å². The number of likely N-dealkylation sites (N-methyl/N-ethyl adjacent to an activating group) is 1. The van der Waals surface area contributed by atoms with E-state index in [2.05, 4.69) is 15.9 Å². The number of nitrogens with zero attached hydrogens (tertiary/aromatic N) is 1. The van der Waals surface area contributed by atoms with E-state index in [1.54, 1.807) is 31.2 Å². The van der Waals surface area contributed by atoms with E-state index in [9.17, 15) is 9.59 Å². The van der Waals surface area contributed by atoms with Crippen molar-refractivity contribution in [2.75, 3.05) is 14.2 Å². The molecule has 0 fully saturated rings. The highest BCUT2D eigenvalue weighted by molar-refractivity contribution is 9.12. The number of hydrogen-bond acceptors (Lipinski definition) is 3. The summed E-state index contributed by atoms with van der Waals surface area (Å²) in [5.74, 6) is 0.551. The maximum Gasteiger partial charge on any atom is 0.262 e. The Morgan fingerprint density at radius 3 is 2.23 bits per heavy atom. The molecule has 0 saturated carbocycles. The van der Waals surface area contributed by atoms with Gasteiger partial charge in [0.05, 0.1) is 11.6 Å². The molecule has 1 amide bonds. The Kier molecular flexibility index (Phi) is 3.53. The molecule has 3 rings (SSSR count). The van der Waals surface area contributed by atoms with E-state index in [1.165, 1.54) is 12.2 Å². The summed E-state index contributed by atoms with van der Waals surface area (Å²) >= 11 is 3.41. The third kappa shape index (κ3) is 2.04. The number of carbonyl (C=O) groups is 2. The summed E-state index contributed by atoms with van der Waals surface area (Å²) in [4.78, 5) is 25.5. The molecule has 1 heterocycles. The van der Waals surface area contributed by atoms with Gasteiger partial charge in [0.25, 0.3) is 5.91 Å². The molecule has 2 aliphatic rings. The number of benzene rings is 1. The van der Waals surface area contributed by atoms with E-state index in [0.717, 1.165) is 16.9 Å². The van der Waals surface area contributed by atoms with Gasteiger partial charge in [-0.1, -0.05) is 12.1 Å². The van der Waals surface area contributed by atoms with E-state index < -0.39 is 5.54 Å². The lowest BCUT2D eigenvalue weighted by Crippen LogP contribution is -2.43. The van der Waals surface area contributed by atoms with Gasteiger partial charge in [0, 0.05) is 12.6 Å². The average Bonchev–Trinajstić information content (AvgIpc) is 2.72. The van der Waals surface area contributed by atoms with Crippen LogP contribution in [0.1, 0.15) is 5.56 Å². The number of carbonyl (C=O) groups excluding carboxylic acids is 2. The van der Waals surface area contributed by atoms with Gasteiger partial charge in [-0.2, -0.15) is 0 Å². The summed E-state index contributed by atoms with van der Waals surface area (Å²) in [6, 6.07) is 7.50.